The van der Waals surface area contributed by atoms with E-state index in [1.54, 1.807) is 0 Å². The molecule has 1 N–H and O–H groups in total. The number of rotatable bonds is 5. The van der Waals surface area contributed by atoms with Gasteiger partial charge in [0, 0.05) is 25.2 Å². The molecule has 0 spiro atoms. The summed E-state index contributed by atoms with van der Waals surface area (Å²) < 4.78 is 0. The highest BCUT2D eigenvalue weighted by molar-refractivity contribution is 4.87. The predicted molar refractivity (Wildman–Crippen MR) is 76.4 cm³/mol. The van der Waals surface area contributed by atoms with Gasteiger partial charge in [-0.1, -0.05) is 41.5 Å². The molecule has 0 aromatic carbocycles. The predicted octanol–water partition coefficient (Wildman–Crippen LogP) is 3.13. The summed E-state index contributed by atoms with van der Waals surface area (Å²) in [6, 6.07) is 1.33. The zero-order valence-electron chi connectivity index (χ0n) is 12.7. The van der Waals surface area contributed by atoms with Crippen molar-refractivity contribution < 1.29 is 0 Å². The molecule has 2 unspecified atom stereocenters. The fraction of sp³-hybridized carbons (Fsp3) is 1.00. The maximum absolute atomic E-state index is 3.59. The van der Waals surface area contributed by atoms with Crippen LogP contribution in [0.4, 0.5) is 0 Å². The van der Waals surface area contributed by atoms with Crippen molar-refractivity contribution in [3.05, 3.63) is 0 Å². The maximum Gasteiger partial charge on any atom is 0.0218 e. The molecule has 0 bridgehead atoms. The zero-order valence-corrected chi connectivity index (χ0v) is 12.7. The van der Waals surface area contributed by atoms with Gasteiger partial charge in [-0.3, -0.25) is 4.90 Å². The highest BCUT2D eigenvalue weighted by atomic mass is 15.2. The van der Waals surface area contributed by atoms with Crippen LogP contribution < -0.4 is 5.32 Å². The lowest BCUT2D eigenvalue weighted by molar-refractivity contribution is 0.186. The van der Waals surface area contributed by atoms with Crippen LogP contribution in [0.2, 0.25) is 0 Å². The molecule has 0 radical (unpaired) electrons. The molecule has 2 atom stereocenters. The van der Waals surface area contributed by atoms with Crippen molar-refractivity contribution in [2.75, 3.05) is 19.6 Å². The smallest absolute Gasteiger partial charge is 0.0218 e. The average Bonchev–Trinajstić information content (AvgIpc) is 2.67. The Morgan fingerprint density at radius 1 is 1.29 bits per heavy atom. The molecule has 1 heterocycles. The van der Waals surface area contributed by atoms with E-state index in [0.717, 1.165) is 18.5 Å². The molecule has 0 amide bonds. The quantitative estimate of drug-likeness (QED) is 0.794. The fourth-order valence-electron chi connectivity index (χ4n) is 2.73. The first-order valence-electron chi connectivity index (χ1n) is 7.32. The molecule has 1 aliphatic rings. The Kier molecular flexibility index (Phi) is 5.46. The van der Waals surface area contributed by atoms with Crippen LogP contribution >= 0.6 is 0 Å². The molecule has 1 aliphatic heterocycles. The van der Waals surface area contributed by atoms with Crippen molar-refractivity contribution in [2.45, 2.75) is 66.5 Å². The molecule has 0 aromatic heterocycles. The van der Waals surface area contributed by atoms with Gasteiger partial charge in [-0.05, 0) is 30.7 Å². The van der Waals surface area contributed by atoms with E-state index in [1.807, 2.05) is 0 Å². The van der Waals surface area contributed by atoms with E-state index >= 15 is 0 Å². The lowest BCUT2D eigenvalue weighted by Crippen LogP contribution is -2.43. The van der Waals surface area contributed by atoms with E-state index in [4.69, 9.17) is 0 Å². The standard InChI is InChI=1S/C15H32N2/c1-7-14(10-16-12(2)3)17-9-8-13(11-17)15(4,5)6/h12-14,16H,7-11H2,1-6H3. The second kappa shape index (κ2) is 6.19. The van der Waals surface area contributed by atoms with Crippen molar-refractivity contribution in [2.24, 2.45) is 11.3 Å². The van der Waals surface area contributed by atoms with Crippen molar-refractivity contribution in [1.29, 1.82) is 0 Å². The van der Waals surface area contributed by atoms with Gasteiger partial charge in [0.25, 0.3) is 0 Å². The molecule has 0 aliphatic carbocycles. The molecule has 1 rings (SSSR count). The van der Waals surface area contributed by atoms with E-state index in [-0.39, 0.29) is 0 Å². The summed E-state index contributed by atoms with van der Waals surface area (Å²) in [6.07, 6.45) is 2.64. The molecule has 0 saturated carbocycles. The molecule has 2 nitrogen and oxygen atoms in total. The van der Waals surface area contributed by atoms with Crippen LogP contribution in [-0.4, -0.2) is 36.6 Å². The minimum Gasteiger partial charge on any atom is -0.313 e. The van der Waals surface area contributed by atoms with Crippen LogP contribution in [0.25, 0.3) is 0 Å². The van der Waals surface area contributed by atoms with Crippen molar-refractivity contribution in [3.63, 3.8) is 0 Å². The highest BCUT2D eigenvalue weighted by Gasteiger charge is 2.33. The fourth-order valence-corrected chi connectivity index (χ4v) is 2.73. The maximum atomic E-state index is 3.59. The summed E-state index contributed by atoms with van der Waals surface area (Å²) in [6.45, 7) is 17.7. The Balaban J connectivity index is 2.44. The molecule has 1 fully saturated rings. The van der Waals surface area contributed by atoms with Gasteiger partial charge in [0.05, 0.1) is 0 Å². The minimum absolute atomic E-state index is 0.471. The van der Waals surface area contributed by atoms with Crippen LogP contribution in [0.1, 0.15) is 54.4 Å². The van der Waals surface area contributed by atoms with Gasteiger partial charge in [0.2, 0.25) is 0 Å². The number of nitrogens with zero attached hydrogens (tertiary/aromatic N) is 1. The summed E-state index contributed by atoms with van der Waals surface area (Å²) in [5.74, 6) is 0.871. The molecule has 1 saturated heterocycles. The number of likely N-dealkylation sites (tertiary alicyclic amines) is 1. The van der Waals surface area contributed by atoms with E-state index in [1.165, 1.54) is 25.9 Å². The third-order valence-corrected chi connectivity index (χ3v) is 4.19. The van der Waals surface area contributed by atoms with Gasteiger partial charge in [-0.2, -0.15) is 0 Å². The lowest BCUT2D eigenvalue weighted by Gasteiger charge is -2.31. The Bertz CT molecular complexity index is 217. The SMILES string of the molecule is CCC(CNC(C)C)N1CCC(C(C)(C)C)C1. The Morgan fingerprint density at radius 2 is 1.94 bits per heavy atom. The van der Waals surface area contributed by atoms with Crippen LogP contribution in [0.5, 0.6) is 0 Å². The summed E-state index contributed by atoms with van der Waals surface area (Å²) >= 11 is 0. The van der Waals surface area contributed by atoms with Crippen molar-refractivity contribution >= 4 is 0 Å². The summed E-state index contributed by atoms with van der Waals surface area (Å²) in [4.78, 5) is 2.70. The third-order valence-electron chi connectivity index (χ3n) is 4.19. The first-order valence-corrected chi connectivity index (χ1v) is 7.32. The van der Waals surface area contributed by atoms with Crippen LogP contribution in [-0.2, 0) is 0 Å². The molecular weight excluding hydrogens is 208 g/mol. The Morgan fingerprint density at radius 3 is 2.35 bits per heavy atom. The highest BCUT2D eigenvalue weighted by Crippen LogP contribution is 2.34. The first-order chi connectivity index (χ1) is 7.84. The minimum atomic E-state index is 0.471. The summed E-state index contributed by atoms with van der Waals surface area (Å²) in [7, 11) is 0. The second-order valence-corrected chi connectivity index (χ2v) is 6.97. The monoisotopic (exact) mass is 240 g/mol. The Hall–Kier alpha value is -0.0800. The molecule has 2 heteroatoms. The molecular formula is C15H32N2. The first kappa shape index (κ1) is 15.0. The number of hydrogen-bond acceptors (Lipinski definition) is 2. The van der Waals surface area contributed by atoms with Gasteiger partial charge >= 0.3 is 0 Å². The molecule has 102 valence electrons. The molecule has 17 heavy (non-hydrogen) atoms. The van der Waals surface area contributed by atoms with Crippen molar-refractivity contribution in [3.8, 4) is 0 Å². The van der Waals surface area contributed by atoms with E-state index in [2.05, 4.69) is 51.8 Å². The van der Waals surface area contributed by atoms with Crippen LogP contribution in [0.3, 0.4) is 0 Å². The van der Waals surface area contributed by atoms with Gasteiger partial charge in [0.1, 0.15) is 0 Å². The normalized spacial score (nSPS) is 24.5. The van der Waals surface area contributed by atoms with Crippen LogP contribution in [0.15, 0.2) is 0 Å². The lowest BCUT2D eigenvalue weighted by atomic mass is 9.80. The topological polar surface area (TPSA) is 15.3 Å². The van der Waals surface area contributed by atoms with Gasteiger partial charge in [-0.25, -0.2) is 0 Å². The number of nitrogens with one attached hydrogen (secondary N) is 1. The van der Waals surface area contributed by atoms with Gasteiger partial charge in [0.15, 0.2) is 0 Å². The second-order valence-electron chi connectivity index (χ2n) is 6.97. The summed E-state index contributed by atoms with van der Waals surface area (Å²) in [5.41, 5.74) is 0.471. The van der Waals surface area contributed by atoms with Crippen molar-refractivity contribution in [1.82, 2.24) is 10.2 Å². The third kappa shape index (κ3) is 4.59. The van der Waals surface area contributed by atoms with Gasteiger partial charge < -0.3 is 5.32 Å². The van der Waals surface area contributed by atoms with E-state index < -0.39 is 0 Å². The largest absolute Gasteiger partial charge is 0.313 e. The van der Waals surface area contributed by atoms with E-state index in [0.29, 0.717) is 11.5 Å². The molecule has 0 aromatic rings. The zero-order chi connectivity index (χ0) is 13.1. The number of hydrogen-bond donors (Lipinski definition) is 1. The average molecular weight is 240 g/mol. The summed E-state index contributed by atoms with van der Waals surface area (Å²) in [5, 5.41) is 3.59. The van der Waals surface area contributed by atoms with Gasteiger partial charge in [-0.15, -0.1) is 0 Å². The van der Waals surface area contributed by atoms with E-state index in [9.17, 15) is 0 Å². The Labute approximate surface area is 108 Å². The van der Waals surface area contributed by atoms with Crippen LogP contribution in [0, 0.1) is 11.3 Å².